The average Bonchev–Trinajstić information content (AvgIpc) is 2.98. The summed E-state index contributed by atoms with van der Waals surface area (Å²) in [5.41, 5.74) is 2.15. The molecule has 1 aliphatic rings. The number of thiophene rings is 1. The first-order chi connectivity index (χ1) is 13.0. The minimum absolute atomic E-state index is 0.279. The molecule has 0 saturated heterocycles. The van der Waals surface area contributed by atoms with Gasteiger partial charge in [0.05, 0.1) is 12.2 Å². The van der Waals surface area contributed by atoms with Crippen LogP contribution in [-0.4, -0.2) is 37.0 Å². The topological polar surface area (TPSA) is 58.6 Å². The van der Waals surface area contributed by atoms with Crippen molar-refractivity contribution in [2.45, 2.75) is 19.9 Å². The summed E-state index contributed by atoms with van der Waals surface area (Å²) in [4.78, 5) is 28.0. The third kappa shape index (κ3) is 4.61. The standard InChI is InChI=1S/C20H21FN2O3S/c1-3-26-20(25)18-15-10-11-23(2)12-16(15)27-19(18)22-17(24)9-6-13-4-7-14(21)8-5-13/h4-9H,3,10-12H2,1-2H3,(H,22,24)/b9-6+. The number of halogens is 1. The monoisotopic (exact) mass is 388 g/mol. The molecular weight excluding hydrogens is 367 g/mol. The molecule has 0 atom stereocenters. The summed E-state index contributed by atoms with van der Waals surface area (Å²) >= 11 is 1.41. The summed E-state index contributed by atoms with van der Waals surface area (Å²) in [6.45, 7) is 3.64. The molecule has 142 valence electrons. The van der Waals surface area contributed by atoms with E-state index in [9.17, 15) is 14.0 Å². The van der Waals surface area contributed by atoms with Crippen LogP contribution in [-0.2, 0) is 22.5 Å². The lowest BCUT2D eigenvalue weighted by Gasteiger charge is -2.22. The Balaban J connectivity index is 1.81. The van der Waals surface area contributed by atoms with Crippen LogP contribution in [0.1, 0.15) is 33.3 Å². The van der Waals surface area contributed by atoms with E-state index in [4.69, 9.17) is 4.74 Å². The fourth-order valence-corrected chi connectivity index (χ4v) is 4.26. The molecule has 0 bridgehead atoms. The van der Waals surface area contributed by atoms with Gasteiger partial charge in [0.25, 0.3) is 0 Å². The summed E-state index contributed by atoms with van der Waals surface area (Å²) in [7, 11) is 2.02. The zero-order chi connectivity index (χ0) is 19.4. The van der Waals surface area contributed by atoms with Crippen molar-refractivity contribution in [1.82, 2.24) is 4.90 Å². The van der Waals surface area contributed by atoms with Gasteiger partial charge in [0.1, 0.15) is 10.8 Å². The second-order valence-corrected chi connectivity index (χ2v) is 7.40. The molecule has 0 spiro atoms. The lowest BCUT2D eigenvalue weighted by atomic mass is 10.0. The molecule has 2 heterocycles. The second kappa shape index (κ2) is 8.45. The molecular formula is C20H21FN2O3S. The molecule has 0 saturated carbocycles. The Kier molecular flexibility index (Phi) is 6.03. The first-order valence-corrected chi connectivity index (χ1v) is 9.54. The fraction of sp³-hybridized carbons (Fsp3) is 0.300. The smallest absolute Gasteiger partial charge is 0.341 e. The highest BCUT2D eigenvalue weighted by Gasteiger charge is 2.28. The lowest BCUT2D eigenvalue weighted by molar-refractivity contribution is -0.111. The zero-order valence-corrected chi connectivity index (χ0v) is 16.1. The van der Waals surface area contributed by atoms with Crippen molar-refractivity contribution >= 4 is 34.3 Å². The largest absolute Gasteiger partial charge is 0.462 e. The number of anilines is 1. The molecule has 1 aromatic carbocycles. The number of rotatable bonds is 5. The van der Waals surface area contributed by atoms with Gasteiger partial charge in [-0.2, -0.15) is 0 Å². The molecule has 0 aliphatic carbocycles. The van der Waals surface area contributed by atoms with Crippen LogP contribution < -0.4 is 5.32 Å². The minimum Gasteiger partial charge on any atom is -0.462 e. The number of hydrogen-bond acceptors (Lipinski definition) is 5. The summed E-state index contributed by atoms with van der Waals surface area (Å²) in [5, 5.41) is 3.32. The number of nitrogens with one attached hydrogen (secondary N) is 1. The Morgan fingerprint density at radius 1 is 1.33 bits per heavy atom. The number of carbonyl (C=O) groups is 2. The molecule has 1 amide bonds. The predicted octanol–water partition coefficient (Wildman–Crippen LogP) is 3.70. The molecule has 5 nitrogen and oxygen atoms in total. The molecule has 7 heteroatoms. The molecule has 1 N–H and O–H groups in total. The molecule has 0 fully saturated rings. The second-order valence-electron chi connectivity index (χ2n) is 6.29. The van der Waals surface area contributed by atoms with Gasteiger partial charge >= 0.3 is 5.97 Å². The minimum atomic E-state index is -0.405. The molecule has 27 heavy (non-hydrogen) atoms. The molecule has 1 aliphatic heterocycles. The van der Waals surface area contributed by atoms with Gasteiger partial charge in [-0.15, -0.1) is 11.3 Å². The Morgan fingerprint density at radius 3 is 2.78 bits per heavy atom. The van der Waals surface area contributed by atoms with Crippen LogP contribution in [0.25, 0.3) is 6.08 Å². The quantitative estimate of drug-likeness (QED) is 0.627. The van der Waals surface area contributed by atoms with Gasteiger partial charge in [-0.3, -0.25) is 4.79 Å². The molecule has 1 aromatic heterocycles. The summed E-state index contributed by atoms with van der Waals surface area (Å²) < 4.78 is 18.1. The third-order valence-corrected chi connectivity index (χ3v) is 5.39. The first-order valence-electron chi connectivity index (χ1n) is 8.72. The van der Waals surface area contributed by atoms with Crippen LogP contribution in [0.2, 0.25) is 0 Å². The van der Waals surface area contributed by atoms with E-state index in [0.29, 0.717) is 16.1 Å². The third-order valence-electron chi connectivity index (χ3n) is 4.26. The van der Waals surface area contributed by atoms with E-state index in [-0.39, 0.29) is 18.3 Å². The predicted molar refractivity (Wildman–Crippen MR) is 104 cm³/mol. The zero-order valence-electron chi connectivity index (χ0n) is 15.3. The van der Waals surface area contributed by atoms with E-state index in [0.717, 1.165) is 30.0 Å². The highest BCUT2D eigenvalue weighted by molar-refractivity contribution is 7.17. The molecule has 2 aromatic rings. The van der Waals surface area contributed by atoms with E-state index < -0.39 is 5.97 Å². The van der Waals surface area contributed by atoms with E-state index in [1.54, 1.807) is 25.1 Å². The van der Waals surface area contributed by atoms with Crippen LogP contribution in [0.3, 0.4) is 0 Å². The number of nitrogens with zero attached hydrogens (tertiary/aromatic N) is 1. The van der Waals surface area contributed by atoms with Crippen LogP contribution in [0.4, 0.5) is 9.39 Å². The molecule has 0 unspecified atom stereocenters. The van der Waals surface area contributed by atoms with E-state index in [1.165, 1.54) is 29.5 Å². The number of carbonyl (C=O) groups excluding carboxylic acids is 2. The summed E-state index contributed by atoms with van der Waals surface area (Å²) in [5.74, 6) is -1.08. The number of likely N-dealkylation sites (N-methyl/N-ethyl adjacent to an activating group) is 1. The Morgan fingerprint density at radius 2 is 2.07 bits per heavy atom. The van der Waals surface area contributed by atoms with Crippen LogP contribution >= 0.6 is 11.3 Å². The van der Waals surface area contributed by atoms with E-state index >= 15 is 0 Å². The molecule has 0 radical (unpaired) electrons. The van der Waals surface area contributed by atoms with Gasteiger partial charge in [-0.1, -0.05) is 12.1 Å². The van der Waals surface area contributed by atoms with Crippen molar-refractivity contribution in [3.63, 3.8) is 0 Å². The van der Waals surface area contributed by atoms with Gasteiger partial charge < -0.3 is 15.0 Å². The number of fused-ring (bicyclic) bond motifs is 1. The maximum absolute atomic E-state index is 12.9. The Bertz CT molecular complexity index is 874. The van der Waals surface area contributed by atoms with Crippen molar-refractivity contribution in [3.8, 4) is 0 Å². The maximum Gasteiger partial charge on any atom is 0.341 e. The average molecular weight is 388 g/mol. The Labute approximate surface area is 161 Å². The van der Waals surface area contributed by atoms with Crippen molar-refractivity contribution < 1.29 is 18.7 Å². The van der Waals surface area contributed by atoms with Crippen molar-refractivity contribution in [1.29, 1.82) is 0 Å². The van der Waals surface area contributed by atoms with Gasteiger partial charge in [0.2, 0.25) is 5.91 Å². The SMILES string of the molecule is CCOC(=O)c1c(NC(=O)/C=C/c2ccc(F)cc2)sc2c1CCN(C)C2. The lowest BCUT2D eigenvalue weighted by Crippen LogP contribution is -2.26. The number of hydrogen-bond donors (Lipinski definition) is 1. The van der Waals surface area contributed by atoms with E-state index in [2.05, 4.69) is 10.2 Å². The highest BCUT2D eigenvalue weighted by atomic mass is 32.1. The Hall–Kier alpha value is -2.51. The van der Waals surface area contributed by atoms with Gasteiger partial charge in [-0.25, -0.2) is 9.18 Å². The highest BCUT2D eigenvalue weighted by Crippen LogP contribution is 2.37. The van der Waals surface area contributed by atoms with Crippen molar-refractivity contribution in [3.05, 3.63) is 57.7 Å². The number of ether oxygens (including phenoxy) is 1. The summed E-state index contributed by atoms with van der Waals surface area (Å²) in [6.07, 6.45) is 3.71. The van der Waals surface area contributed by atoms with Gasteiger partial charge in [0, 0.05) is 24.0 Å². The van der Waals surface area contributed by atoms with Crippen LogP contribution in [0.5, 0.6) is 0 Å². The van der Waals surface area contributed by atoms with Crippen molar-refractivity contribution in [2.24, 2.45) is 0 Å². The number of esters is 1. The summed E-state index contributed by atoms with van der Waals surface area (Å²) in [6, 6.07) is 5.84. The van der Waals surface area contributed by atoms with Crippen LogP contribution in [0, 0.1) is 5.82 Å². The first kappa shape index (κ1) is 19.3. The van der Waals surface area contributed by atoms with Gasteiger partial charge in [0.15, 0.2) is 0 Å². The normalized spacial score (nSPS) is 14.2. The van der Waals surface area contributed by atoms with Crippen molar-refractivity contribution in [2.75, 3.05) is 25.5 Å². The molecule has 3 rings (SSSR count). The van der Waals surface area contributed by atoms with E-state index in [1.807, 2.05) is 7.05 Å². The number of amides is 1. The van der Waals surface area contributed by atoms with Gasteiger partial charge in [-0.05, 0) is 49.7 Å². The van der Waals surface area contributed by atoms with Crippen LogP contribution in [0.15, 0.2) is 30.3 Å². The number of benzene rings is 1. The fourth-order valence-electron chi connectivity index (χ4n) is 2.94. The maximum atomic E-state index is 12.9.